The molecule has 0 amide bonds. The summed E-state index contributed by atoms with van der Waals surface area (Å²) in [6.45, 7) is 0. The molecule has 20 heavy (non-hydrogen) atoms. The van der Waals surface area contributed by atoms with E-state index in [4.69, 9.17) is 10.00 Å². The van der Waals surface area contributed by atoms with Crippen molar-refractivity contribution in [3.8, 4) is 23.4 Å². The molecular formula is C13H7F3N2O2. The Labute approximate surface area is 112 Å². The fourth-order valence-corrected chi connectivity index (χ4v) is 1.39. The van der Waals surface area contributed by atoms with Crippen LogP contribution in [0.2, 0.25) is 0 Å². The van der Waals surface area contributed by atoms with Crippen molar-refractivity contribution in [3.05, 3.63) is 48.2 Å². The summed E-state index contributed by atoms with van der Waals surface area (Å²) in [5.74, 6) is -0.626. The van der Waals surface area contributed by atoms with E-state index in [0.717, 1.165) is 6.07 Å². The Morgan fingerprint density at radius 3 is 2.45 bits per heavy atom. The lowest BCUT2D eigenvalue weighted by molar-refractivity contribution is -0.275. The number of nitriles is 1. The molecule has 2 aromatic rings. The highest BCUT2D eigenvalue weighted by molar-refractivity contribution is 5.42. The highest BCUT2D eigenvalue weighted by Gasteiger charge is 2.32. The molecule has 0 aliphatic heterocycles. The number of pyridine rings is 1. The Morgan fingerprint density at radius 2 is 1.80 bits per heavy atom. The normalized spacial score (nSPS) is 10.7. The zero-order chi connectivity index (χ0) is 14.6. The van der Waals surface area contributed by atoms with Gasteiger partial charge >= 0.3 is 6.36 Å². The minimum absolute atomic E-state index is 0.00211. The lowest BCUT2D eigenvalue weighted by Gasteiger charge is -2.13. The van der Waals surface area contributed by atoms with Gasteiger partial charge in [0.05, 0.1) is 11.6 Å². The summed E-state index contributed by atoms with van der Waals surface area (Å²) in [5, 5.41) is 8.73. The van der Waals surface area contributed by atoms with Crippen LogP contribution in [0.15, 0.2) is 42.6 Å². The van der Waals surface area contributed by atoms with E-state index in [0.29, 0.717) is 0 Å². The van der Waals surface area contributed by atoms with Crippen LogP contribution in [0.4, 0.5) is 13.2 Å². The van der Waals surface area contributed by atoms with Crippen molar-refractivity contribution >= 4 is 0 Å². The molecule has 0 saturated heterocycles. The molecule has 0 fully saturated rings. The first-order valence-corrected chi connectivity index (χ1v) is 5.37. The molecule has 7 heteroatoms. The van der Waals surface area contributed by atoms with E-state index in [2.05, 4.69) is 9.72 Å². The fourth-order valence-electron chi connectivity index (χ4n) is 1.39. The largest absolute Gasteiger partial charge is 0.573 e. The van der Waals surface area contributed by atoms with Gasteiger partial charge in [-0.3, -0.25) is 0 Å². The number of halogens is 3. The summed E-state index contributed by atoms with van der Waals surface area (Å²) >= 11 is 0. The van der Waals surface area contributed by atoms with Gasteiger partial charge in [-0.15, -0.1) is 13.2 Å². The topological polar surface area (TPSA) is 55.1 Å². The molecule has 1 heterocycles. The molecule has 0 spiro atoms. The van der Waals surface area contributed by atoms with E-state index in [1.165, 1.54) is 36.5 Å². The Morgan fingerprint density at radius 1 is 1.10 bits per heavy atom. The third-order valence-corrected chi connectivity index (χ3v) is 2.15. The number of rotatable bonds is 3. The predicted molar refractivity (Wildman–Crippen MR) is 62.2 cm³/mol. The van der Waals surface area contributed by atoms with Gasteiger partial charge in [-0.05, 0) is 18.2 Å². The smallest absolute Gasteiger partial charge is 0.435 e. The summed E-state index contributed by atoms with van der Waals surface area (Å²) in [6.07, 6.45) is -3.50. The van der Waals surface area contributed by atoms with Gasteiger partial charge in [0.25, 0.3) is 0 Å². The van der Waals surface area contributed by atoms with Crippen molar-refractivity contribution in [2.24, 2.45) is 0 Å². The number of aromatic nitrogens is 1. The lowest BCUT2D eigenvalue weighted by atomic mass is 10.3. The Kier molecular flexibility index (Phi) is 3.75. The minimum Gasteiger partial charge on any atom is -0.435 e. The SMILES string of the molecule is N#Cc1ccnc(Oc2ccccc2OC(F)(F)F)c1. The standard InChI is InChI=1S/C13H7F3N2O2/c14-13(15,16)20-11-4-2-1-3-10(11)19-12-7-9(8-17)5-6-18-12/h1-7H. The molecule has 0 radical (unpaired) electrons. The van der Waals surface area contributed by atoms with E-state index >= 15 is 0 Å². The molecule has 0 N–H and O–H groups in total. The molecule has 0 saturated carbocycles. The maximum atomic E-state index is 12.2. The van der Waals surface area contributed by atoms with Crippen LogP contribution < -0.4 is 9.47 Å². The van der Waals surface area contributed by atoms with E-state index in [1.54, 1.807) is 0 Å². The number of hydrogen-bond acceptors (Lipinski definition) is 4. The summed E-state index contributed by atoms with van der Waals surface area (Å²) in [6, 6.07) is 9.94. The Bertz CT molecular complexity index is 651. The van der Waals surface area contributed by atoms with Crippen LogP contribution in [0.3, 0.4) is 0 Å². The zero-order valence-electron chi connectivity index (χ0n) is 9.89. The van der Waals surface area contributed by atoms with Crippen LogP contribution in [0.25, 0.3) is 0 Å². The number of para-hydroxylation sites is 2. The van der Waals surface area contributed by atoms with Crippen LogP contribution in [0, 0.1) is 11.3 Å². The van der Waals surface area contributed by atoms with Crippen LogP contribution in [-0.2, 0) is 0 Å². The van der Waals surface area contributed by atoms with Crippen LogP contribution in [-0.4, -0.2) is 11.3 Å². The number of alkyl halides is 3. The Hall–Kier alpha value is -2.75. The molecular weight excluding hydrogens is 273 g/mol. The van der Waals surface area contributed by atoms with Gasteiger partial charge in [0.2, 0.25) is 5.88 Å². The van der Waals surface area contributed by atoms with Gasteiger partial charge in [0, 0.05) is 12.3 Å². The van der Waals surface area contributed by atoms with E-state index < -0.39 is 12.1 Å². The van der Waals surface area contributed by atoms with Crippen molar-refractivity contribution in [1.29, 1.82) is 5.26 Å². The Balaban J connectivity index is 2.27. The summed E-state index contributed by atoms with van der Waals surface area (Å²) in [5.41, 5.74) is 0.282. The molecule has 1 aromatic heterocycles. The molecule has 0 aliphatic carbocycles. The second-order valence-electron chi connectivity index (χ2n) is 3.59. The van der Waals surface area contributed by atoms with Gasteiger partial charge in [-0.1, -0.05) is 12.1 Å². The molecule has 102 valence electrons. The monoisotopic (exact) mass is 280 g/mol. The van der Waals surface area contributed by atoms with Crippen molar-refractivity contribution in [1.82, 2.24) is 4.98 Å². The van der Waals surface area contributed by atoms with Crippen molar-refractivity contribution in [2.45, 2.75) is 6.36 Å². The number of ether oxygens (including phenoxy) is 2. The van der Waals surface area contributed by atoms with Crippen molar-refractivity contribution in [3.63, 3.8) is 0 Å². The average molecular weight is 280 g/mol. The third kappa shape index (κ3) is 3.62. The van der Waals surface area contributed by atoms with Crippen molar-refractivity contribution in [2.75, 3.05) is 0 Å². The van der Waals surface area contributed by atoms with Gasteiger partial charge in [-0.2, -0.15) is 5.26 Å². The highest BCUT2D eigenvalue weighted by Crippen LogP contribution is 2.34. The minimum atomic E-state index is -4.82. The number of nitrogens with zero attached hydrogens (tertiary/aromatic N) is 2. The molecule has 0 bridgehead atoms. The van der Waals surface area contributed by atoms with Crippen LogP contribution in [0.5, 0.6) is 17.4 Å². The van der Waals surface area contributed by atoms with E-state index in [9.17, 15) is 13.2 Å². The lowest BCUT2D eigenvalue weighted by Crippen LogP contribution is -2.17. The summed E-state index contributed by atoms with van der Waals surface area (Å²) in [7, 11) is 0. The highest BCUT2D eigenvalue weighted by atomic mass is 19.4. The predicted octanol–water partition coefficient (Wildman–Crippen LogP) is 3.64. The maximum Gasteiger partial charge on any atom is 0.573 e. The van der Waals surface area contributed by atoms with E-state index in [-0.39, 0.29) is 17.2 Å². The van der Waals surface area contributed by atoms with E-state index in [1.807, 2.05) is 6.07 Å². The van der Waals surface area contributed by atoms with Gasteiger partial charge < -0.3 is 9.47 Å². The number of hydrogen-bond donors (Lipinski definition) is 0. The zero-order valence-corrected chi connectivity index (χ0v) is 9.89. The third-order valence-electron chi connectivity index (χ3n) is 2.15. The second-order valence-corrected chi connectivity index (χ2v) is 3.59. The van der Waals surface area contributed by atoms with Gasteiger partial charge in [-0.25, -0.2) is 4.98 Å². The fraction of sp³-hybridized carbons (Fsp3) is 0.0769. The summed E-state index contributed by atoms with van der Waals surface area (Å²) in [4.78, 5) is 3.81. The average Bonchev–Trinajstić information content (AvgIpc) is 2.40. The first-order chi connectivity index (χ1) is 9.48. The first kappa shape index (κ1) is 13.7. The molecule has 0 unspecified atom stereocenters. The number of benzene rings is 1. The molecule has 1 aromatic carbocycles. The second kappa shape index (κ2) is 5.48. The van der Waals surface area contributed by atoms with Crippen LogP contribution >= 0.6 is 0 Å². The maximum absolute atomic E-state index is 12.2. The first-order valence-electron chi connectivity index (χ1n) is 5.37. The quantitative estimate of drug-likeness (QED) is 0.861. The van der Waals surface area contributed by atoms with Gasteiger partial charge in [0.1, 0.15) is 0 Å². The molecule has 4 nitrogen and oxygen atoms in total. The van der Waals surface area contributed by atoms with Crippen LogP contribution in [0.1, 0.15) is 5.56 Å². The van der Waals surface area contributed by atoms with Crippen molar-refractivity contribution < 1.29 is 22.6 Å². The van der Waals surface area contributed by atoms with Gasteiger partial charge in [0.15, 0.2) is 11.5 Å². The summed E-state index contributed by atoms with van der Waals surface area (Å²) < 4.78 is 45.8. The molecule has 0 aliphatic rings. The molecule has 2 rings (SSSR count). The molecule has 0 atom stereocenters.